The molecule has 0 aliphatic heterocycles. The summed E-state index contributed by atoms with van der Waals surface area (Å²) in [4.78, 5) is 11.1. The fraction of sp³-hybridized carbons (Fsp3) is 0.889. The molecule has 8 heteroatoms. The van der Waals surface area contributed by atoms with Gasteiger partial charge in [0.05, 0.1) is 6.10 Å². The van der Waals surface area contributed by atoms with Crippen LogP contribution in [0.4, 0.5) is 4.79 Å². The van der Waals surface area contributed by atoms with Crippen LogP contribution in [0.5, 0.6) is 0 Å². The van der Waals surface area contributed by atoms with Crippen molar-refractivity contribution < 1.29 is 23.1 Å². The summed E-state index contributed by atoms with van der Waals surface area (Å²) in [6, 6.07) is 0. The summed E-state index contributed by atoms with van der Waals surface area (Å²) in [5.74, 6) is 0. The van der Waals surface area contributed by atoms with E-state index in [1.54, 1.807) is 32.4 Å². The SMILES string of the molecule is CC(C)OC(=O)NS(=O)(=O)NCC(C)(C)CO. The van der Waals surface area contributed by atoms with E-state index in [0.29, 0.717) is 0 Å². The molecule has 0 saturated heterocycles. The van der Waals surface area contributed by atoms with Crippen molar-refractivity contribution in [1.29, 1.82) is 0 Å². The van der Waals surface area contributed by atoms with Crippen LogP contribution in [-0.4, -0.2) is 38.9 Å². The minimum atomic E-state index is -3.96. The van der Waals surface area contributed by atoms with Gasteiger partial charge in [0.25, 0.3) is 0 Å². The molecule has 17 heavy (non-hydrogen) atoms. The highest BCUT2D eigenvalue weighted by Crippen LogP contribution is 2.11. The average Bonchev–Trinajstić information content (AvgIpc) is 2.13. The maximum atomic E-state index is 11.4. The molecule has 1 amide bonds. The van der Waals surface area contributed by atoms with Gasteiger partial charge >= 0.3 is 16.3 Å². The standard InChI is InChI=1S/C9H20N2O5S/c1-7(2)16-8(13)11-17(14,15)10-5-9(3,4)6-12/h7,10,12H,5-6H2,1-4H3,(H,11,13). The van der Waals surface area contributed by atoms with Gasteiger partial charge in [-0.2, -0.15) is 13.1 Å². The predicted molar refractivity (Wildman–Crippen MR) is 62.5 cm³/mol. The third kappa shape index (κ3) is 7.94. The van der Waals surface area contributed by atoms with Crippen molar-refractivity contribution in [2.45, 2.75) is 33.8 Å². The van der Waals surface area contributed by atoms with Crippen LogP contribution < -0.4 is 9.44 Å². The van der Waals surface area contributed by atoms with Crippen molar-refractivity contribution >= 4 is 16.3 Å². The molecule has 3 N–H and O–H groups in total. The van der Waals surface area contributed by atoms with E-state index in [1.165, 1.54) is 0 Å². The van der Waals surface area contributed by atoms with Gasteiger partial charge in [-0.1, -0.05) is 13.8 Å². The Bertz CT molecular complexity index is 350. The number of carbonyl (C=O) groups excluding carboxylic acids is 1. The number of amides is 1. The number of nitrogens with one attached hydrogen (secondary N) is 2. The number of hydrogen-bond donors (Lipinski definition) is 3. The molecule has 0 radical (unpaired) electrons. The molecule has 102 valence electrons. The second-order valence-electron chi connectivity index (χ2n) is 4.70. The van der Waals surface area contributed by atoms with Crippen molar-refractivity contribution in [3.63, 3.8) is 0 Å². The van der Waals surface area contributed by atoms with Crippen LogP contribution >= 0.6 is 0 Å². The van der Waals surface area contributed by atoms with Gasteiger partial charge in [-0.3, -0.25) is 0 Å². The first-order chi connectivity index (χ1) is 7.58. The lowest BCUT2D eigenvalue weighted by Gasteiger charge is -2.21. The van der Waals surface area contributed by atoms with Crippen LogP contribution in [0.15, 0.2) is 0 Å². The molecule has 0 saturated carbocycles. The van der Waals surface area contributed by atoms with Gasteiger partial charge in [0.1, 0.15) is 0 Å². The Labute approximate surface area is 102 Å². The Morgan fingerprint density at radius 3 is 2.35 bits per heavy atom. The van der Waals surface area contributed by atoms with Crippen LogP contribution in [0.1, 0.15) is 27.7 Å². The number of aliphatic hydroxyl groups excluding tert-OH is 1. The minimum absolute atomic E-state index is 0.00773. The Balaban J connectivity index is 4.27. The van der Waals surface area contributed by atoms with Crippen molar-refractivity contribution in [2.24, 2.45) is 5.41 Å². The van der Waals surface area contributed by atoms with Gasteiger partial charge in [0.2, 0.25) is 0 Å². The highest BCUT2D eigenvalue weighted by Gasteiger charge is 2.22. The molecular weight excluding hydrogens is 248 g/mol. The van der Waals surface area contributed by atoms with Crippen molar-refractivity contribution in [2.75, 3.05) is 13.2 Å². The topological polar surface area (TPSA) is 105 Å². The number of ether oxygens (including phenoxy) is 1. The van der Waals surface area contributed by atoms with Gasteiger partial charge in [-0.25, -0.2) is 9.52 Å². The van der Waals surface area contributed by atoms with E-state index in [4.69, 9.17) is 5.11 Å². The van der Waals surface area contributed by atoms with Crippen LogP contribution in [0, 0.1) is 5.41 Å². The maximum Gasteiger partial charge on any atom is 0.422 e. The summed E-state index contributed by atoms with van der Waals surface area (Å²) < 4.78 is 31.2. The number of hydrogen-bond acceptors (Lipinski definition) is 5. The quantitative estimate of drug-likeness (QED) is 0.627. The molecule has 0 aromatic heterocycles. The number of aliphatic hydroxyl groups is 1. The molecule has 0 atom stereocenters. The third-order valence-electron chi connectivity index (χ3n) is 1.73. The van der Waals surface area contributed by atoms with Gasteiger partial charge in [0.15, 0.2) is 0 Å². The van der Waals surface area contributed by atoms with Gasteiger partial charge in [0, 0.05) is 18.6 Å². The molecule has 0 spiro atoms. The smallest absolute Gasteiger partial charge is 0.422 e. The van der Waals surface area contributed by atoms with Crippen LogP contribution in [0.2, 0.25) is 0 Å². The largest absolute Gasteiger partial charge is 0.446 e. The van der Waals surface area contributed by atoms with Gasteiger partial charge < -0.3 is 9.84 Å². The lowest BCUT2D eigenvalue weighted by molar-refractivity contribution is 0.121. The van der Waals surface area contributed by atoms with E-state index >= 15 is 0 Å². The summed E-state index contributed by atoms with van der Waals surface area (Å²) in [6.45, 7) is 6.41. The van der Waals surface area contributed by atoms with Gasteiger partial charge in [-0.05, 0) is 13.8 Å². The van der Waals surface area contributed by atoms with Gasteiger partial charge in [-0.15, -0.1) is 0 Å². The molecule has 0 aliphatic rings. The molecule has 0 aliphatic carbocycles. The van der Waals surface area contributed by atoms with E-state index in [-0.39, 0.29) is 13.2 Å². The normalized spacial score (nSPS) is 12.6. The highest BCUT2D eigenvalue weighted by atomic mass is 32.2. The summed E-state index contributed by atoms with van der Waals surface area (Å²) >= 11 is 0. The first-order valence-electron chi connectivity index (χ1n) is 5.17. The van der Waals surface area contributed by atoms with E-state index in [9.17, 15) is 13.2 Å². The Morgan fingerprint density at radius 2 is 1.94 bits per heavy atom. The monoisotopic (exact) mass is 268 g/mol. The second kappa shape index (κ2) is 6.18. The van der Waals surface area contributed by atoms with Crippen molar-refractivity contribution in [1.82, 2.24) is 9.44 Å². The molecule has 0 fully saturated rings. The molecule has 0 aromatic rings. The fourth-order valence-corrected chi connectivity index (χ4v) is 1.65. The Kier molecular flexibility index (Phi) is 5.86. The summed E-state index contributed by atoms with van der Waals surface area (Å²) in [5.41, 5.74) is -0.600. The van der Waals surface area contributed by atoms with E-state index in [2.05, 4.69) is 9.46 Å². The zero-order valence-corrected chi connectivity index (χ0v) is 11.3. The molecule has 7 nitrogen and oxygen atoms in total. The number of carbonyl (C=O) groups is 1. The maximum absolute atomic E-state index is 11.4. The molecular formula is C9H20N2O5S. The fourth-order valence-electron chi connectivity index (χ4n) is 0.730. The summed E-state index contributed by atoms with van der Waals surface area (Å²) in [5, 5.41) is 8.94. The summed E-state index contributed by atoms with van der Waals surface area (Å²) in [6.07, 6.45) is -1.44. The van der Waals surface area contributed by atoms with E-state index in [0.717, 1.165) is 0 Å². The molecule has 0 unspecified atom stereocenters. The Morgan fingerprint density at radius 1 is 1.41 bits per heavy atom. The lowest BCUT2D eigenvalue weighted by atomic mass is 9.96. The molecule has 0 aromatic carbocycles. The zero-order chi connectivity index (χ0) is 13.7. The summed E-state index contributed by atoms with van der Waals surface area (Å²) in [7, 11) is -3.96. The van der Waals surface area contributed by atoms with Crippen molar-refractivity contribution in [3.8, 4) is 0 Å². The van der Waals surface area contributed by atoms with E-state index < -0.39 is 27.8 Å². The van der Waals surface area contributed by atoms with Crippen molar-refractivity contribution in [3.05, 3.63) is 0 Å². The molecule has 0 bridgehead atoms. The van der Waals surface area contributed by atoms with Crippen LogP contribution in [0.3, 0.4) is 0 Å². The van der Waals surface area contributed by atoms with E-state index in [1.807, 2.05) is 0 Å². The first-order valence-corrected chi connectivity index (χ1v) is 6.65. The second-order valence-corrected chi connectivity index (χ2v) is 6.20. The highest BCUT2D eigenvalue weighted by molar-refractivity contribution is 7.88. The van der Waals surface area contributed by atoms with Crippen LogP contribution in [0.25, 0.3) is 0 Å². The Hall–Kier alpha value is -0.860. The number of rotatable bonds is 6. The minimum Gasteiger partial charge on any atom is -0.446 e. The van der Waals surface area contributed by atoms with Crippen LogP contribution in [-0.2, 0) is 14.9 Å². The predicted octanol–water partition coefficient (Wildman–Crippen LogP) is -0.0261. The first kappa shape index (κ1) is 16.1. The zero-order valence-electron chi connectivity index (χ0n) is 10.5. The molecule has 0 heterocycles. The third-order valence-corrected chi connectivity index (χ3v) is 2.69. The molecule has 0 rings (SSSR count). The lowest BCUT2D eigenvalue weighted by Crippen LogP contribution is -2.45. The average molecular weight is 268 g/mol.